The average Bonchev–Trinajstić information content (AvgIpc) is 3.15. The van der Waals surface area contributed by atoms with Gasteiger partial charge in [0.15, 0.2) is 0 Å². The summed E-state index contributed by atoms with van der Waals surface area (Å²) in [5.41, 5.74) is 5.72. The van der Waals surface area contributed by atoms with Crippen LogP contribution in [0.25, 0.3) is 0 Å². The van der Waals surface area contributed by atoms with E-state index < -0.39 is 6.04 Å². The Balaban J connectivity index is 0.00000324. The molecule has 0 spiro atoms. The number of carbonyl (C=O) groups excluding carboxylic acids is 2. The summed E-state index contributed by atoms with van der Waals surface area (Å²) < 4.78 is 0. The lowest BCUT2D eigenvalue weighted by Crippen LogP contribution is -2.48. The van der Waals surface area contributed by atoms with Crippen LogP contribution in [0.4, 0.5) is 0 Å². The largest absolute Gasteiger partial charge is 0.346 e. The summed E-state index contributed by atoms with van der Waals surface area (Å²) >= 11 is 0. The minimum absolute atomic E-state index is 0. The van der Waals surface area contributed by atoms with E-state index in [0.29, 0.717) is 6.04 Å². The molecule has 0 bridgehead atoms. The third-order valence-electron chi connectivity index (χ3n) is 3.21. The lowest BCUT2D eigenvalue weighted by molar-refractivity contribution is -0.133. The molecule has 1 fully saturated rings. The van der Waals surface area contributed by atoms with Crippen LogP contribution in [-0.4, -0.2) is 41.9 Å². The number of nitrogens with one attached hydrogen (secondary N) is 1. The number of hydrogen-bond acceptors (Lipinski definition) is 3. The molecule has 0 aromatic heterocycles. The van der Waals surface area contributed by atoms with Gasteiger partial charge in [-0.1, -0.05) is 20.8 Å². The molecule has 19 heavy (non-hydrogen) atoms. The summed E-state index contributed by atoms with van der Waals surface area (Å²) in [7, 11) is 0. The predicted octanol–water partition coefficient (Wildman–Crippen LogP) is 0.909. The zero-order valence-corrected chi connectivity index (χ0v) is 12.8. The van der Waals surface area contributed by atoms with Crippen molar-refractivity contribution >= 4 is 24.2 Å². The molecule has 0 aromatic rings. The molecule has 6 heteroatoms. The Morgan fingerprint density at radius 3 is 2.37 bits per heavy atom. The van der Waals surface area contributed by atoms with Gasteiger partial charge in [-0.15, -0.1) is 12.4 Å². The van der Waals surface area contributed by atoms with Crippen LogP contribution in [0, 0.1) is 5.92 Å². The Hall–Kier alpha value is -0.810. The summed E-state index contributed by atoms with van der Waals surface area (Å²) in [6, 6.07) is -0.147. The fourth-order valence-corrected chi connectivity index (χ4v) is 1.82. The number of rotatable bonds is 7. The van der Waals surface area contributed by atoms with Crippen molar-refractivity contribution in [2.75, 3.05) is 13.1 Å². The number of hydrogen-bond donors (Lipinski definition) is 2. The number of amides is 2. The smallest absolute Gasteiger partial charge is 0.242 e. The fraction of sp³-hybridized carbons (Fsp3) is 0.846. The molecule has 0 aromatic carbocycles. The molecule has 0 saturated heterocycles. The first kappa shape index (κ1) is 18.2. The van der Waals surface area contributed by atoms with E-state index in [9.17, 15) is 9.59 Å². The monoisotopic (exact) mass is 291 g/mol. The van der Waals surface area contributed by atoms with Gasteiger partial charge in [0.05, 0.1) is 12.6 Å². The normalized spacial score (nSPS) is 15.6. The van der Waals surface area contributed by atoms with Gasteiger partial charge in [0.1, 0.15) is 0 Å². The van der Waals surface area contributed by atoms with Crippen LogP contribution in [0.5, 0.6) is 0 Å². The second-order valence-electron chi connectivity index (χ2n) is 5.31. The number of halogens is 1. The van der Waals surface area contributed by atoms with E-state index in [-0.39, 0.29) is 36.7 Å². The zero-order valence-electron chi connectivity index (χ0n) is 12.0. The van der Waals surface area contributed by atoms with E-state index in [1.54, 1.807) is 0 Å². The first-order valence-electron chi connectivity index (χ1n) is 6.80. The quantitative estimate of drug-likeness (QED) is 0.732. The molecule has 3 N–H and O–H groups in total. The minimum Gasteiger partial charge on any atom is -0.346 e. The van der Waals surface area contributed by atoms with Crippen molar-refractivity contribution in [3.8, 4) is 0 Å². The molecule has 0 heterocycles. The minimum atomic E-state index is -0.543. The van der Waals surface area contributed by atoms with E-state index >= 15 is 0 Å². The van der Waals surface area contributed by atoms with Crippen LogP contribution in [0.3, 0.4) is 0 Å². The summed E-state index contributed by atoms with van der Waals surface area (Å²) in [4.78, 5) is 25.5. The lowest BCUT2D eigenvalue weighted by Gasteiger charge is -2.22. The van der Waals surface area contributed by atoms with E-state index in [1.807, 2.05) is 18.7 Å². The first-order chi connectivity index (χ1) is 8.47. The van der Waals surface area contributed by atoms with E-state index in [4.69, 9.17) is 5.73 Å². The van der Waals surface area contributed by atoms with Crippen LogP contribution in [0.1, 0.15) is 40.0 Å². The van der Waals surface area contributed by atoms with Gasteiger partial charge < -0.3 is 16.0 Å². The number of nitrogens with zero attached hydrogens (tertiary/aromatic N) is 1. The Bertz CT molecular complexity index is 306. The van der Waals surface area contributed by atoms with Crippen LogP contribution in [0.15, 0.2) is 0 Å². The summed E-state index contributed by atoms with van der Waals surface area (Å²) in [5, 5.41) is 2.63. The van der Waals surface area contributed by atoms with Crippen LogP contribution in [0.2, 0.25) is 0 Å². The van der Waals surface area contributed by atoms with Gasteiger partial charge in [-0.05, 0) is 25.2 Å². The molecule has 0 radical (unpaired) electrons. The van der Waals surface area contributed by atoms with Gasteiger partial charge in [-0.2, -0.15) is 0 Å². The van der Waals surface area contributed by atoms with Crippen molar-refractivity contribution in [1.82, 2.24) is 10.2 Å². The lowest BCUT2D eigenvalue weighted by atomic mass is 10.1. The highest BCUT2D eigenvalue weighted by atomic mass is 35.5. The molecule has 1 rings (SSSR count). The van der Waals surface area contributed by atoms with Gasteiger partial charge >= 0.3 is 0 Å². The maximum atomic E-state index is 12.0. The molecule has 0 aliphatic heterocycles. The van der Waals surface area contributed by atoms with Crippen LogP contribution < -0.4 is 11.1 Å². The average molecular weight is 292 g/mol. The van der Waals surface area contributed by atoms with Crippen molar-refractivity contribution in [3.63, 3.8) is 0 Å². The molecule has 2 amide bonds. The van der Waals surface area contributed by atoms with Crippen molar-refractivity contribution < 1.29 is 9.59 Å². The summed E-state index contributed by atoms with van der Waals surface area (Å²) in [5.74, 6) is -0.162. The van der Waals surface area contributed by atoms with Crippen LogP contribution in [-0.2, 0) is 9.59 Å². The molecule has 0 unspecified atom stereocenters. The Morgan fingerprint density at radius 1 is 1.37 bits per heavy atom. The van der Waals surface area contributed by atoms with Gasteiger partial charge in [0.25, 0.3) is 0 Å². The van der Waals surface area contributed by atoms with E-state index in [2.05, 4.69) is 12.2 Å². The first-order valence-corrected chi connectivity index (χ1v) is 6.80. The van der Waals surface area contributed by atoms with Crippen molar-refractivity contribution in [3.05, 3.63) is 0 Å². The zero-order chi connectivity index (χ0) is 13.7. The van der Waals surface area contributed by atoms with E-state index in [1.165, 1.54) is 0 Å². The highest BCUT2D eigenvalue weighted by Crippen LogP contribution is 2.26. The Morgan fingerprint density at radius 2 is 1.95 bits per heavy atom. The third kappa shape index (κ3) is 5.78. The topological polar surface area (TPSA) is 75.4 Å². The third-order valence-corrected chi connectivity index (χ3v) is 3.21. The standard InChI is InChI=1S/C13H25N3O2.ClH/c1-4-7-16(10-5-6-10)11(17)8-15-13(18)12(14)9(2)3;/h9-10,12H,4-8,14H2,1-3H3,(H,15,18);1H/t12-;/m0./s1. The van der Waals surface area contributed by atoms with Crippen molar-refractivity contribution in [2.24, 2.45) is 11.7 Å². The second kappa shape index (κ2) is 8.38. The molecular formula is C13H26ClN3O2. The predicted molar refractivity (Wildman–Crippen MR) is 78.1 cm³/mol. The molecule has 5 nitrogen and oxygen atoms in total. The van der Waals surface area contributed by atoms with Gasteiger partial charge in [0.2, 0.25) is 11.8 Å². The summed E-state index contributed by atoms with van der Waals surface area (Å²) in [6.45, 7) is 6.67. The highest BCUT2D eigenvalue weighted by molar-refractivity contribution is 5.87. The molecule has 1 aliphatic carbocycles. The van der Waals surface area contributed by atoms with Gasteiger partial charge in [0, 0.05) is 12.6 Å². The van der Waals surface area contributed by atoms with Crippen molar-refractivity contribution in [2.45, 2.75) is 52.1 Å². The SMILES string of the molecule is CCCN(C(=O)CNC(=O)[C@@H](N)C(C)C)C1CC1.Cl. The number of carbonyl (C=O) groups is 2. The number of nitrogens with two attached hydrogens (primary N) is 1. The summed E-state index contributed by atoms with van der Waals surface area (Å²) in [6.07, 6.45) is 3.12. The second-order valence-corrected chi connectivity index (χ2v) is 5.31. The fourth-order valence-electron chi connectivity index (χ4n) is 1.82. The highest BCUT2D eigenvalue weighted by Gasteiger charge is 2.31. The van der Waals surface area contributed by atoms with Gasteiger partial charge in [-0.3, -0.25) is 9.59 Å². The maximum absolute atomic E-state index is 12.0. The van der Waals surface area contributed by atoms with Gasteiger partial charge in [-0.25, -0.2) is 0 Å². The van der Waals surface area contributed by atoms with Crippen molar-refractivity contribution in [1.29, 1.82) is 0 Å². The Labute approximate surface area is 121 Å². The van der Waals surface area contributed by atoms with Crippen LogP contribution >= 0.6 is 12.4 Å². The molecule has 1 aliphatic rings. The molecular weight excluding hydrogens is 266 g/mol. The molecule has 1 atom stereocenters. The van der Waals surface area contributed by atoms with E-state index in [0.717, 1.165) is 25.8 Å². The molecule has 1 saturated carbocycles. The molecule has 112 valence electrons. The Kier molecular flexibility index (Phi) is 8.02. The maximum Gasteiger partial charge on any atom is 0.242 e.